The summed E-state index contributed by atoms with van der Waals surface area (Å²) in [6.07, 6.45) is 0.286. The van der Waals surface area contributed by atoms with E-state index in [1.54, 1.807) is 24.3 Å². The second-order valence-electron chi connectivity index (χ2n) is 6.77. The standard InChI is InChI=1S/C19H22ClN5O4S/c20-11-2-4-12(5-3-11)23-18(27)24-17-15(16(21)26)13-6-9-25(10-14(13)30-17)8-1-7-22-19(28)29/h2-5,22H,1,6-10H2,(H2,21,26)(H,28,29)(H2,23,24,27). The van der Waals surface area contributed by atoms with E-state index in [1.807, 2.05) is 0 Å². The lowest BCUT2D eigenvalue weighted by Gasteiger charge is -2.26. The summed E-state index contributed by atoms with van der Waals surface area (Å²) in [5.41, 5.74) is 7.39. The summed E-state index contributed by atoms with van der Waals surface area (Å²) >= 11 is 7.18. The highest BCUT2D eigenvalue weighted by Crippen LogP contribution is 2.37. The van der Waals surface area contributed by atoms with Gasteiger partial charge in [-0.05, 0) is 42.7 Å². The van der Waals surface area contributed by atoms with Crippen molar-refractivity contribution in [2.75, 3.05) is 30.3 Å². The van der Waals surface area contributed by atoms with Crippen LogP contribution in [0.4, 0.5) is 20.3 Å². The van der Waals surface area contributed by atoms with Crippen LogP contribution in [0.2, 0.25) is 5.02 Å². The quantitative estimate of drug-likeness (QED) is 0.412. The van der Waals surface area contributed by atoms with Gasteiger partial charge in [0, 0.05) is 41.8 Å². The molecule has 0 unspecified atom stereocenters. The second-order valence-corrected chi connectivity index (χ2v) is 8.31. The number of benzene rings is 1. The van der Waals surface area contributed by atoms with Gasteiger partial charge in [-0.1, -0.05) is 11.6 Å². The number of halogens is 1. The number of primary amides is 1. The molecule has 0 bridgehead atoms. The van der Waals surface area contributed by atoms with Gasteiger partial charge in [0.15, 0.2) is 0 Å². The van der Waals surface area contributed by atoms with Gasteiger partial charge in [0.2, 0.25) is 0 Å². The summed E-state index contributed by atoms with van der Waals surface area (Å²) < 4.78 is 0. The van der Waals surface area contributed by atoms with Gasteiger partial charge in [-0.15, -0.1) is 11.3 Å². The largest absolute Gasteiger partial charge is 0.465 e. The Bertz CT molecular complexity index is 947. The molecular formula is C19H22ClN5O4S. The molecule has 2 heterocycles. The smallest absolute Gasteiger partial charge is 0.404 e. The van der Waals surface area contributed by atoms with E-state index >= 15 is 0 Å². The van der Waals surface area contributed by atoms with Gasteiger partial charge in [0.05, 0.1) is 5.56 Å². The molecule has 0 spiro atoms. The molecule has 0 radical (unpaired) electrons. The molecule has 1 aliphatic rings. The van der Waals surface area contributed by atoms with Crippen LogP contribution in [0.5, 0.6) is 0 Å². The molecule has 0 saturated carbocycles. The molecule has 1 aromatic carbocycles. The lowest BCUT2D eigenvalue weighted by atomic mass is 10.0. The average molecular weight is 452 g/mol. The predicted molar refractivity (Wildman–Crippen MR) is 117 cm³/mol. The van der Waals surface area contributed by atoms with E-state index in [0.29, 0.717) is 47.2 Å². The first-order valence-corrected chi connectivity index (χ1v) is 10.5. The van der Waals surface area contributed by atoms with Crippen molar-refractivity contribution < 1.29 is 19.5 Å². The second kappa shape index (κ2) is 9.79. The summed E-state index contributed by atoms with van der Waals surface area (Å²) in [6, 6.07) is 6.20. The first-order valence-electron chi connectivity index (χ1n) is 9.30. The van der Waals surface area contributed by atoms with Gasteiger partial charge in [-0.2, -0.15) is 0 Å². The third kappa shape index (κ3) is 5.62. The zero-order chi connectivity index (χ0) is 21.7. The number of rotatable bonds is 7. The van der Waals surface area contributed by atoms with Crippen molar-refractivity contribution in [2.45, 2.75) is 19.4 Å². The van der Waals surface area contributed by atoms with Crippen LogP contribution in [-0.2, 0) is 13.0 Å². The Balaban J connectivity index is 1.66. The average Bonchev–Trinajstić information content (AvgIpc) is 3.04. The van der Waals surface area contributed by atoms with E-state index in [-0.39, 0.29) is 0 Å². The highest BCUT2D eigenvalue weighted by Gasteiger charge is 2.27. The minimum Gasteiger partial charge on any atom is -0.465 e. The van der Waals surface area contributed by atoms with Gasteiger partial charge in [-0.3, -0.25) is 15.0 Å². The van der Waals surface area contributed by atoms with Crippen molar-refractivity contribution in [1.29, 1.82) is 0 Å². The number of nitrogens with zero attached hydrogens (tertiary/aromatic N) is 1. The maximum absolute atomic E-state index is 12.4. The fourth-order valence-corrected chi connectivity index (χ4v) is 4.71. The summed E-state index contributed by atoms with van der Waals surface area (Å²) in [4.78, 5) is 38.1. The number of carboxylic acid groups (broad SMARTS) is 1. The Labute approximate surface area is 182 Å². The number of nitrogens with two attached hydrogens (primary N) is 1. The first kappa shape index (κ1) is 21.9. The minimum atomic E-state index is -1.03. The Morgan fingerprint density at radius 3 is 2.60 bits per heavy atom. The third-order valence-corrected chi connectivity index (χ3v) is 6.02. The van der Waals surface area contributed by atoms with Gasteiger partial charge in [0.25, 0.3) is 5.91 Å². The number of urea groups is 1. The fourth-order valence-electron chi connectivity index (χ4n) is 3.29. The number of carbonyl (C=O) groups is 3. The van der Waals surface area contributed by atoms with Crippen LogP contribution < -0.4 is 21.7 Å². The highest BCUT2D eigenvalue weighted by atomic mass is 35.5. The third-order valence-electron chi connectivity index (χ3n) is 4.64. The molecule has 1 aliphatic heterocycles. The van der Waals surface area contributed by atoms with Crippen LogP contribution >= 0.6 is 22.9 Å². The number of carbonyl (C=O) groups excluding carboxylic acids is 2. The fraction of sp³-hybridized carbons (Fsp3) is 0.316. The summed E-state index contributed by atoms with van der Waals surface area (Å²) in [6.45, 7) is 2.46. The molecular weight excluding hydrogens is 430 g/mol. The Hall–Kier alpha value is -2.82. The molecule has 2 aromatic rings. The summed E-state index contributed by atoms with van der Waals surface area (Å²) in [7, 11) is 0. The normalized spacial score (nSPS) is 13.4. The number of hydrogen-bond donors (Lipinski definition) is 5. The Kier molecular flexibility index (Phi) is 7.14. The molecule has 0 fully saturated rings. The molecule has 1 aromatic heterocycles. The topological polar surface area (TPSA) is 137 Å². The lowest BCUT2D eigenvalue weighted by molar-refractivity contribution is 0.1000. The van der Waals surface area contributed by atoms with Gasteiger partial charge >= 0.3 is 12.1 Å². The maximum Gasteiger partial charge on any atom is 0.404 e. The van der Waals surface area contributed by atoms with Crippen molar-refractivity contribution in [3.05, 3.63) is 45.3 Å². The van der Waals surface area contributed by atoms with E-state index in [1.165, 1.54) is 11.3 Å². The number of fused-ring (bicyclic) bond motifs is 1. The summed E-state index contributed by atoms with van der Waals surface area (Å²) in [5.74, 6) is -0.576. The molecule has 0 saturated heterocycles. The molecule has 160 valence electrons. The van der Waals surface area contributed by atoms with E-state index in [2.05, 4.69) is 20.9 Å². The van der Waals surface area contributed by atoms with E-state index in [9.17, 15) is 14.4 Å². The zero-order valence-electron chi connectivity index (χ0n) is 16.0. The van der Waals surface area contributed by atoms with Gasteiger partial charge < -0.3 is 21.5 Å². The van der Waals surface area contributed by atoms with Crippen LogP contribution in [0.1, 0.15) is 27.2 Å². The van der Waals surface area contributed by atoms with Gasteiger partial charge in [0.1, 0.15) is 5.00 Å². The van der Waals surface area contributed by atoms with Crippen LogP contribution in [-0.4, -0.2) is 47.7 Å². The molecule has 0 aliphatic carbocycles. The van der Waals surface area contributed by atoms with Crippen molar-refractivity contribution in [2.24, 2.45) is 5.73 Å². The lowest BCUT2D eigenvalue weighted by Crippen LogP contribution is -2.33. The van der Waals surface area contributed by atoms with E-state index in [4.69, 9.17) is 22.4 Å². The van der Waals surface area contributed by atoms with Crippen LogP contribution in [0.25, 0.3) is 0 Å². The van der Waals surface area contributed by atoms with Crippen molar-refractivity contribution in [3.63, 3.8) is 0 Å². The van der Waals surface area contributed by atoms with E-state index < -0.39 is 18.0 Å². The van der Waals surface area contributed by atoms with Gasteiger partial charge in [-0.25, -0.2) is 9.59 Å². The number of anilines is 2. The first-order chi connectivity index (χ1) is 14.3. The maximum atomic E-state index is 12.4. The molecule has 3 rings (SSSR count). The van der Waals surface area contributed by atoms with Crippen molar-refractivity contribution >= 4 is 51.7 Å². The van der Waals surface area contributed by atoms with Crippen LogP contribution in [0.15, 0.2) is 24.3 Å². The van der Waals surface area contributed by atoms with Crippen LogP contribution in [0, 0.1) is 0 Å². The number of thiophene rings is 1. The van der Waals surface area contributed by atoms with Crippen molar-refractivity contribution in [3.8, 4) is 0 Å². The number of amides is 4. The summed E-state index contributed by atoms with van der Waals surface area (Å²) in [5, 5.41) is 17.4. The monoisotopic (exact) mass is 451 g/mol. The Morgan fingerprint density at radius 1 is 1.20 bits per heavy atom. The molecule has 6 N–H and O–H groups in total. The molecule has 11 heteroatoms. The minimum absolute atomic E-state index is 0.355. The molecule has 0 atom stereocenters. The van der Waals surface area contributed by atoms with Crippen LogP contribution in [0.3, 0.4) is 0 Å². The Morgan fingerprint density at radius 2 is 1.93 bits per heavy atom. The predicted octanol–water partition coefficient (Wildman–Crippen LogP) is 3.16. The molecule has 30 heavy (non-hydrogen) atoms. The number of hydrogen-bond acceptors (Lipinski definition) is 5. The molecule has 4 amide bonds. The SMILES string of the molecule is NC(=O)c1c(NC(=O)Nc2ccc(Cl)cc2)sc2c1CCN(CCCNC(=O)O)C2. The zero-order valence-corrected chi connectivity index (χ0v) is 17.6. The number of nitrogens with one attached hydrogen (secondary N) is 3. The highest BCUT2D eigenvalue weighted by molar-refractivity contribution is 7.17. The molecule has 9 nitrogen and oxygen atoms in total. The van der Waals surface area contributed by atoms with Crippen molar-refractivity contribution in [1.82, 2.24) is 10.2 Å². The van der Waals surface area contributed by atoms with E-state index in [0.717, 1.165) is 23.5 Å².